The molecule has 0 bridgehead atoms. The molecule has 1 atom stereocenters. The number of benzene rings is 1. The van der Waals surface area contributed by atoms with E-state index in [9.17, 15) is 19.8 Å². The van der Waals surface area contributed by atoms with Gasteiger partial charge in [-0.15, -0.1) is 0 Å². The molecule has 0 spiro atoms. The standard InChI is InChI=1S/C20H30O4/c1-3-5-7-8-9-12-15(11-6-4-2)16-13-10-14-17(19(21)22)18(16)20(23)24/h10,13-15H,3-9,11-12H2,1-2H3,(H,21,22)(H,23,24). The van der Waals surface area contributed by atoms with Crippen molar-refractivity contribution in [2.24, 2.45) is 0 Å². The van der Waals surface area contributed by atoms with E-state index in [0.717, 1.165) is 38.5 Å². The van der Waals surface area contributed by atoms with E-state index < -0.39 is 11.9 Å². The van der Waals surface area contributed by atoms with Crippen molar-refractivity contribution in [1.29, 1.82) is 0 Å². The van der Waals surface area contributed by atoms with E-state index in [1.165, 1.54) is 25.3 Å². The highest BCUT2D eigenvalue weighted by Crippen LogP contribution is 2.32. The van der Waals surface area contributed by atoms with E-state index in [1.807, 2.05) is 0 Å². The summed E-state index contributed by atoms with van der Waals surface area (Å²) in [6, 6.07) is 4.84. The highest BCUT2D eigenvalue weighted by atomic mass is 16.4. The highest BCUT2D eigenvalue weighted by Gasteiger charge is 2.24. The second-order valence-electron chi connectivity index (χ2n) is 6.42. The molecule has 134 valence electrons. The van der Waals surface area contributed by atoms with Gasteiger partial charge in [0.25, 0.3) is 0 Å². The summed E-state index contributed by atoms with van der Waals surface area (Å²) in [5, 5.41) is 18.9. The van der Waals surface area contributed by atoms with Gasteiger partial charge in [0.2, 0.25) is 0 Å². The molecule has 0 fully saturated rings. The van der Waals surface area contributed by atoms with E-state index in [2.05, 4.69) is 13.8 Å². The molecule has 0 heterocycles. The van der Waals surface area contributed by atoms with Crippen LogP contribution in [0.25, 0.3) is 0 Å². The summed E-state index contributed by atoms with van der Waals surface area (Å²) in [5.74, 6) is -2.20. The quantitative estimate of drug-likeness (QED) is 0.480. The van der Waals surface area contributed by atoms with Crippen LogP contribution in [0, 0.1) is 0 Å². The number of hydrogen-bond donors (Lipinski definition) is 2. The Balaban J connectivity index is 3.01. The number of carbonyl (C=O) groups is 2. The van der Waals surface area contributed by atoms with E-state index in [0.29, 0.717) is 5.56 Å². The Morgan fingerprint density at radius 3 is 2.08 bits per heavy atom. The fourth-order valence-electron chi connectivity index (χ4n) is 3.23. The molecule has 0 aromatic heterocycles. The molecule has 0 amide bonds. The van der Waals surface area contributed by atoms with Crippen molar-refractivity contribution in [3.05, 3.63) is 34.9 Å². The van der Waals surface area contributed by atoms with Crippen molar-refractivity contribution in [2.45, 2.75) is 77.6 Å². The van der Waals surface area contributed by atoms with Gasteiger partial charge in [-0.3, -0.25) is 0 Å². The molecule has 2 N–H and O–H groups in total. The van der Waals surface area contributed by atoms with Gasteiger partial charge < -0.3 is 10.2 Å². The lowest BCUT2D eigenvalue weighted by Gasteiger charge is -2.20. The Morgan fingerprint density at radius 2 is 1.50 bits per heavy atom. The maximum Gasteiger partial charge on any atom is 0.336 e. The number of carboxylic acid groups (broad SMARTS) is 2. The predicted octanol–water partition coefficient (Wildman–Crippen LogP) is 5.72. The minimum atomic E-state index is -1.17. The average molecular weight is 334 g/mol. The van der Waals surface area contributed by atoms with E-state index in [4.69, 9.17) is 0 Å². The smallest absolute Gasteiger partial charge is 0.336 e. The Labute approximate surface area is 144 Å². The minimum Gasteiger partial charge on any atom is -0.478 e. The number of rotatable bonds is 12. The molecule has 4 heteroatoms. The van der Waals surface area contributed by atoms with Gasteiger partial charge >= 0.3 is 11.9 Å². The van der Waals surface area contributed by atoms with Crippen molar-refractivity contribution in [2.75, 3.05) is 0 Å². The summed E-state index contributed by atoms with van der Waals surface area (Å²) in [6.07, 6.45) is 9.75. The zero-order valence-electron chi connectivity index (χ0n) is 14.9. The fraction of sp³-hybridized carbons (Fsp3) is 0.600. The largest absolute Gasteiger partial charge is 0.478 e. The van der Waals surface area contributed by atoms with Crippen molar-refractivity contribution in [3.8, 4) is 0 Å². The normalized spacial score (nSPS) is 12.1. The maximum atomic E-state index is 11.7. The second kappa shape index (κ2) is 10.8. The van der Waals surface area contributed by atoms with Crippen LogP contribution in [0.5, 0.6) is 0 Å². The third kappa shape index (κ3) is 5.99. The van der Waals surface area contributed by atoms with Crippen LogP contribution in [0.1, 0.15) is 104 Å². The lowest BCUT2D eigenvalue weighted by Crippen LogP contribution is -2.14. The van der Waals surface area contributed by atoms with Gasteiger partial charge in [-0.05, 0) is 30.4 Å². The molecule has 0 saturated heterocycles. The second-order valence-corrected chi connectivity index (χ2v) is 6.42. The lowest BCUT2D eigenvalue weighted by atomic mass is 9.84. The fourth-order valence-corrected chi connectivity index (χ4v) is 3.23. The Hall–Kier alpha value is -1.84. The van der Waals surface area contributed by atoms with E-state index in [-0.39, 0.29) is 17.0 Å². The molecule has 0 aliphatic heterocycles. The number of hydrogen-bond acceptors (Lipinski definition) is 2. The molecule has 0 saturated carbocycles. The lowest BCUT2D eigenvalue weighted by molar-refractivity contribution is 0.0650. The molecule has 1 aromatic carbocycles. The van der Waals surface area contributed by atoms with Gasteiger partial charge in [0.1, 0.15) is 0 Å². The summed E-state index contributed by atoms with van der Waals surface area (Å²) in [4.78, 5) is 23.1. The zero-order valence-corrected chi connectivity index (χ0v) is 14.9. The first-order valence-electron chi connectivity index (χ1n) is 9.12. The first-order chi connectivity index (χ1) is 11.5. The SMILES string of the molecule is CCCCCCCC(CCCC)c1cccc(C(=O)O)c1C(=O)O. The molecule has 24 heavy (non-hydrogen) atoms. The summed E-state index contributed by atoms with van der Waals surface area (Å²) in [7, 11) is 0. The van der Waals surface area contributed by atoms with Gasteiger partial charge in [0.15, 0.2) is 0 Å². The number of carboxylic acids is 2. The van der Waals surface area contributed by atoms with Gasteiger partial charge in [-0.2, -0.15) is 0 Å². The van der Waals surface area contributed by atoms with Crippen molar-refractivity contribution >= 4 is 11.9 Å². The Morgan fingerprint density at radius 1 is 0.875 bits per heavy atom. The van der Waals surface area contributed by atoms with Crippen LogP contribution in [0.3, 0.4) is 0 Å². The van der Waals surface area contributed by atoms with Crippen LogP contribution in [0.15, 0.2) is 18.2 Å². The number of aromatic carboxylic acids is 2. The Kier molecular flexibility index (Phi) is 9.13. The van der Waals surface area contributed by atoms with Crippen molar-refractivity contribution < 1.29 is 19.8 Å². The summed E-state index contributed by atoms with van der Waals surface area (Å²) in [5.41, 5.74) is 0.554. The molecule has 0 aliphatic rings. The highest BCUT2D eigenvalue weighted by molar-refractivity contribution is 6.02. The molecule has 1 rings (SSSR count). The first kappa shape index (κ1) is 20.2. The van der Waals surface area contributed by atoms with Gasteiger partial charge in [-0.1, -0.05) is 70.9 Å². The molecule has 0 radical (unpaired) electrons. The summed E-state index contributed by atoms with van der Waals surface area (Å²) < 4.78 is 0. The van der Waals surface area contributed by atoms with E-state index in [1.54, 1.807) is 12.1 Å². The number of unbranched alkanes of at least 4 members (excludes halogenated alkanes) is 5. The zero-order chi connectivity index (χ0) is 17.9. The topological polar surface area (TPSA) is 74.6 Å². The van der Waals surface area contributed by atoms with Gasteiger partial charge in [0, 0.05) is 0 Å². The van der Waals surface area contributed by atoms with Crippen LogP contribution in [0.4, 0.5) is 0 Å². The maximum absolute atomic E-state index is 11.7. The van der Waals surface area contributed by atoms with Gasteiger partial charge in [-0.25, -0.2) is 9.59 Å². The van der Waals surface area contributed by atoms with E-state index >= 15 is 0 Å². The third-order valence-corrected chi connectivity index (χ3v) is 4.54. The Bertz CT molecular complexity index is 536. The predicted molar refractivity (Wildman–Crippen MR) is 96.0 cm³/mol. The first-order valence-corrected chi connectivity index (χ1v) is 9.12. The third-order valence-electron chi connectivity index (χ3n) is 4.54. The summed E-state index contributed by atoms with van der Waals surface area (Å²) in [6.45, 7) is 4.30. The molecule has 4 nitrogen and oxygen atoms in total. The van der Waals surface area contributed by atoms with Gasteiger partial charge in [0.05, 0.1) is 11.1 Å². The van der Waals surface area contributed by atoms with Crippen molar-refractivity contribution in [3.63, 3.8) is 0 Å². The van der Waals surface area contributed by atoms with Crippen LogP contribution in [-0.4, -0.2) is 22.2 Å². The molecule has 0 aliphatic carbocycles. The molecular weight excluding hydrogens is 304 g/mol. The average Bonchev–Trinajstić information content (AvgIpc) is 2.56. The van der Waals surface area contributed by atoms with Crippen LogP contribution in [0.2, 0.25) is 0 Å². The molecule has 1 unspecified atom stereocenters. The monoisotopic (exact) mass is 334 g/mol. The summed E-state index contributed by atoms with van der Waals surface area (Å²) >= 11 is 0. The molecule has 1 aromatic rings. The minimum absolute atomic E-state index is 0.0281. The molecular formula is C20H30O4. The van der Waals surface area contributed by atoms with Crippen LogP contribution in [-0.2, 0) is 0 Å². The van der Waals surface area contributed by atoms with Crippen molar-refractivity contribution in [1.82, 2.24) is 0 Å². The van der Waals surface area contributed by atoms with Crippen LogP contribution < -0.4 is 0 Å². The van der Waals surface area contributed by atoms with Crippen LogP contribution >= 0.6 is 0 Å².